The van der Waals surface area contributed by atoms with E-state index in [1.54, 1.807) is 20.9 Å². The van der Waals surface area contributed by atoms with Crippen LogP contribution in [0, 0.1) is 0 Å². The average Bonchev–Trinajstić information content (AvgIpc) is 2.28. The van der Waals surface area contributed by atoms with Crippen LogP contribution in [0.3, 0.4) is 0 Å². The van der Waals surface area contributed by atoms with E-state index in [2.05, 4.69) is 16.0 Å². The maximum atomic E-state index is 11.7. The normalized spacial score (nSPS) is 13.0. The molecule has 0 rings (SSSR count). The summed E-state index contributed by atoms with van der Waals surface area (Å²) in [5.41, 5.74) is -0.604. The molecule has 5 nitrogen and oxygen atoms in total. The minimum Gasteiger partial charge on any atom is -0.354 e. The predicted molar refractivity (Wildman–Crippen MR) is 68.7 cm³/mol. The third-order valence-corrected chi connectivity index (χ3v) is 2.85. The standard InChI is InChI=1S/C12H25N3O2/c1-6-9(2)15-10(16)7-8-14-11(17)12(3,4)13-5/h9,13H,6-8H2,1-5H3,(H,14,17)(H,15,16). The van der Waals surface area contributed by atoms with E-state index in [9.17, 15) is 9.59 Å². The molecule has 0 aromatic rings. The molecule has 3 N–H and O–H groups in total. The first kappa shape index (κ1) is 15.9. The Morgan fingerprint density at radius 1 is 1.29 bits per heavy atom. The minimum absolute atomic E-state index is 0.0260. The zero-order valence-corrected chi connectivity index (χ0v) is 11.5. The van der Waals surface area contributed by atoms with Crippen LogP contribution in [0.1, 0.15) is 40.5 Å². The first-order valence-electron chi connectivity index (χ1n) is 6.10. The minimum atomic E-state index is -0.604. The van der Waals surface area contributed by atoms with Crippen LogP contribution in [-0.4, -0.2) is 37.0 Å². The molecule has 0 spiro atoms. The van der Waals surface area contributed by atoms with E-state index < -0.39 is 5.54 Å². The molecule has 0 fully saturated rings. The van der Waals surface area contributed by atoms with Gasteiger partial charge in [-0.25, -0.2) is 0 Å². The van der Waals surface area contributed by atoms with Crippen LogP contribution in [0.5, 0.6) is 0 Å². The molecule has 0 bridgehead atoms. The average molecular weight is 243 g/mol. The van der Waals surface area contributed by atoms with E-state index in [1.165, 1.54) is 0 Å². The van der Waals surface area contributed by atoms with Crippen molar-refractivity contribution in [2.45, 2.75) is 52.1 Å². The number of nitrogens with one attached hydrogen (secondary N) is 3. The zero-order valence-electron chi connectivity index (χ0n) is 11.5. The Kier molecular flexibility index (Phi) is 6.80. The van der Waals surface area contributed by atoms with Crippen LogP contribution in [-0.2, 0) is 9.59 Å². The first-order valence-corrected chi connectivity index (χ1v) is 6.10. The Labute approximate surface area is 104 Å². The fourth-order valence-electron chi connectivity index (χ4n) is 1.07. The number of likely N-dealkylation sites (N-methyl/N-ethyl adjacent to an activating group) is 1. The third-order valence-electron chi connectivity index (χ3n) is 2.85. The van der Waals surface area contributed by atoms with Gasteiger partial charge in [-0.2, -0.15) is 0 Å². The number of amides is 2. The van der Waals surface area contributed by atoms with Crippen molar-refractivity contribution in [3.63, 3.8) is 0 Å². The maximum Gasteiger partial charge on any atom is 0.239 e. The number of hydrogen-bond donors (Lipinski definition) is 3. The van der Waals surface area contributed by atoms with Crippen molar-refractivity contribution in [1.29, 1.82) is 0 Å². The van der Waals surface area contributed by atoms with Crippen molar-refractivity contribution in [3.8, 4) is 0 Å². The van der Waals surface area contributed by atoms with E-state index in [1.807, 2.05) is 13.8 Å². The lowest BCUT2D eigenvalue weighted by Crippen LogP contribution is -2.51. The molecule has 1 unspecified atom stereocenters. The molecule has 0 aliphatic rings. The Bertz CT molecular complexity index is 264. The second-order valence-electron chi connectivity index (χ2n) is 4.76. The number of carbonyl (C=O) groups excluding carboxylic acids is 2. The summed E-state index contributed by atoms with van der Waals surface area (Å²) in [6, 6.07) is 0.187. The summed E-state index contributed by atoms with van der Waals surface area (Å²) in [6.45, 7) is 7.93. The smallest absolute Gasteiger partial charge is 0.239 e. The quantitative estimate of drug-likeness (QED) is 0.606. The Morgan fingerprint density at radius 3 is 2.35 bits per heavy atom. The van der Waals surface area contributed by atoms with Crippen LogP contribution in [0.4, 0.5) is 0 Å². The molecule has 0 aliphatic heterocycles. The molecule has 0 radical (unpaired) electrons. The fraction of sp³-hybridized carbons (Fsp3) is 0.833. The van der Waals surface area contributed by atoms with E-state index in [-0.39, 0.29) is 17.9 Å². The highest BCUT2D eigenvalue weighted by Gasteiger charge is 2.24. The topological polar surface area (TPSA) is 70.2 Å². The monoisotopic (exact) mass is 243 g/mol. The highest BCUT2D eigenvalue weighted by Crippen LogP contribution is 1.99. The maximum absolute atomic E-state index is 11.7. The summed E-state index contributed by atoms with van der Waals surface area (Å²) in [6.07, 6.45) is 1.22. The summed E-state index contributed by atoms with van der Waals surface area (Å²) in [5.74, 6) is -0.127. The van der Waals surface area contributed by atoms with Crippen molar-refractivity contribution in [3.05, 3.63) is 0 Å². The Morgan fingerprint density at radius 2 is 1.88 bits per heavy atom. The lowest BCUT2D eigenvalue weighted by molar-refractivity contribution is -0.126. The van der Waals surface area contributed by atoms with Gasteiger partial charge in [-0.1, -0.05) is 6.92 Å². The highest BCUT2D eigenvalue weighted by molar-refractivity contribution is 5.86. The van der Waals surface area contributed by atoms with Crippen LogP contribution < -0.4 is 16.0 Å². The molecule has 0 aliphatic carbocycles. The van der Waals surface area contributed by atoms with Gasteiger partial charge in [0.2, 0.25) is 11.8 Å². The van der Waals surface area contributed by atoms with Crippen molar-refractivity contribution >= 4 is 11.8 Å². The van der Waals surface area contributed by atoms with Crippen molar-refractivity contribution < 1.29 is 9.59 Å². The second kappa shape index (κ2) is 7.27. The van der Waals surface area contributed by atoms with Crippen LogP contribution in [0.2, 0.25) is 0 Å². The van der Waals surface area contributed by atoms with Crippen molar-refractivity contribution in [2.75, 3.05) is 13.6 Å². The van der Waals surface area contributed by atoms with Crippen molar-refractivity contribution in [1.82, 2.24) is 16.0 Å². The van der Waals surface area contributed by atoms with Gasteiger partial charge in [-0.15, -0.1) is 0 Å². The molecule has 0 saturated heterocycles. The second-order valence-corrected chi connectivity index (χ2v) is 4.76. The van der Waals surface area contributed by atoms with Gasteiger partial charge in [-0.05, 0) is 34.2 Å². The van der Waals surface area contributed by atoms with E-state index >= 15 is 0 Å². The van der Waals surface area contributed by atoms with Gasteiger partial charge < -0.3 is 16.0 Å². The molecule has 0 aromatic carbocycles. The molecule has 100 valence electrons. The summed E-state index contributed by atoms with van der Waals surface area (Å²) in [4.78, 5) is 23.1. The first-order chi connectivity index (χ1) is 7.83. The molecule has 0 aromatic heterocycles. The molecular weight excluding hydrogens is 218 g/mol. The highest BCUT2D eigenvalue weighted by atomic mass is 16.2. The SMILES string of the molecule is CCC(C)NC(=O)CCNC(=O)C(C)(C)NC. The predicted octanol–water partition coefficient (Wildman–Crippen LogP) is 0.405. The zero-order chi connectivity index (χ0) is 13.5. The molecule has 0 heterocycles. The Balaban J connectivity index is 3.85. The van der Waals surface area contributed by atoms with Gasteiger partial charge in [0.25, 0.3) is 0 Å². The summed E-state index contributed by atoms with van der Waals surface area (Å²) in [5, 5.41) is 8.49. The number of hydrogen-bond acceptors (Lipinski definition) is 3. The van der Waals surface area contributed by atoms with Crippen LogP contribution in [0.15, 0.2) is 0 Å². The molecule has 5 heteroatoms. The Hall–Kier alpha value is -1.10. The largest absolute Gasteiger partial charge is 0.354 e. The van der Waals surface area contributed by atoms with Gasteiger partial charge in [0.05, 0.1) is 5.54 Å². The third kappa shape index (κ3) is 6.26. The number of carbonyl (C=O) groups is 2. The molecule has 0 saturated carbocycles. The van der Waals surface area contributed by atoms with Gasteiger partial charge in [0, 0.05) is 19.0 Å². The molecule has 1 atom stereocenters. The van der Waals surface area contributed by atoms with Crippen molar-refractivity contribution in [2.24, 2.45) is 0 Å². The summed E-state index contributed by atoms with van der Waals surface area (Å²) in [7, 11) is 1.73. The van der Waals surface area contributed by atoms with Crippen LogP contribution >= 0.6 is 0 Å². The molecule has 2 amide bonds. The lowest BCUT2D eigenvalue weighted by Gasteiger charge is -2.22. The lowest BCUT2D eigenvalue weighted by atomic mass is 10.1. The molecule has 17 heavy (non-hydrogen) atoms. The van der Waals surface area contributed by atoms with Gasteiger partial charge in [0.15, 0.2) is 0 Å². The van der Waals surface area contributed by atoms with Crippen LogP contribution in [0.25, 0.3) is 0 Å². The van der Waals surface area contributed by atoms with E-state index in [4.69, 9.17) is 0 Å². The van der Waals surface area contributed by atoms with Gasteiger partial charge in [0.1, 0.15) is 0 Å². The summed E-state index contributed by atoms with van der Waals surface area (Å²) >= 11 is 0. The fourth-order valence-corrected chi connectivity index (χ4v) is 1.07. The van der Waals surface area contributed by atoms with E-state index in [0.717, 1.165) is 6.42 Å². The van der Waals surface area contributed by atoms with Gasteiger partial charge >= 0.3 is 0 Å². The van der Waals surface area contributed by atoms with Gasteiger partial charge in [-0.3, -0.25) is 9.59 Å². The summed E-state index contributed by atoms with van der Waals surface area (Å²) < 4.78 is 0. The number of rotatable bonds is 7. The van der Waals surface area contributed by atoms with E-state index in [0.29, 0.717) is 13.0 Å². The molecular formula is C12H25N3O2.